The third kappa shape index (κ3) is 4.23. The maximum atomic E-state index is 12.8. The molecule has 1 aromatic heterocycles. The third-order valence-corrected chi connectivity index (χ3v) is 4.97. The summed E-state index contributed by atoms with van der Waals surface area (Å²) in [6.07, 6.45) is 1.69. The van der Waals surface area contributed by atoms with Gasteiger partial charge in [-0.05, 0) is 51.0 Å². The van der Waals surface area contributed by atoms with E-state index >= 15 is 0 Å². The molecule has 150 valence electrons. The van der Waals surface area contributed by atoms with Crippen LogP contribution in [0.25, 0.3) is 11.4 Å². The highest BCUT2D eigenvalue weighted by molar-refractivity contribution is 5.89. The molecule has 3 aromatic rings. The lowest BCUT2D eigenvalue weighted by atomic mass is 10.1. The van der Waals surface area contributed by atoms with Gasteiger partial charge in [-0.3, -0.25) is 0 Å². The van der Waals surface area contributed by atoms with Crippen LogP contribution in [0.4, 0.5) is 10.5 Å². The van der Waals surface area contributed by atoms with Crippen LogP contribution in [0.3, 0.4) is 0 Å². The number of hydrogen-bond donors (Lipinski definition) is 1. The van der Waals surface area contributed by atoms with Crippen molar-refractivity contribution in [2.45, 2.75) is 32.7 Å². The van der Waals surface area contributed by atoms with Crippen LogP contribution in [0.15, 0.2) is 53.1 Å². The van der Waals surface area contributed by atoms with Gasteiger partial charge >= 0.3 is 6.03 Å². The minimum atomic E-state index is -0.218. The Hall–Kier alpha value is -3.35. The molecule has 29 heavy (non-hydrogen) atoms. The first-order valence-electron chi connectivity index (χ1n) is 9.85. The largest absolute Gasteiger partial charge is 0.494 e. The van der Waals surface area contributed by atoms with Crippen molar-refractivity contribution < 1.29 is 14.1 Å². The highest BCUT2D eigenvalue weighted by atomic mass is 16.5. The van der Waals surface area contributed by atoms with Gasteiger partial charge in [-0.2, -0.15) is 4.98 Å². The Morgan fingerprint density at radius 1 is 1.21 bits per heavy atom. The molecule has 1 aliphatic rings. The lowest BCUT2D eigenvalue weighted by Crippen LogP contribution is -2.34. The average molecular weight is 392 g/mol. The standard InChI is InChI=1S/C22H24N4O3/c1-3-28-18-12-10-17(11-13-18)23-22(27)26-14-4-5-19(26)21-24-20(25-29-21)16-8-6-15(2)7-9-16/h6-13,19H,3-5,14H2,1-2H3,(H,23,27)/t19-/m1/s1. The maximum Gasteiger partial charge on any atom is 0.322 e. The van der Waals surface area contributed by atoms with E-state index in [2.05, 4.69) is 15.5 Å². The number of ether oxygens (including phenoxy) is 1. The Labute approximate surface area is 169 Å². The van der Waals surface area contributed by atoms with Crippen molar-refractivity contribution in [1.29, 1.82) is 0 Å². The molecule has 2 amide bonds. The molecule has 0 aliphatic carbocycles. The lowest BCUT2D eigenvalue weighted by molar-refractivity contribution is 0.193. The molecule has 1 N–H and O–H groups in total. The molecule has 7 nitrogen and oxygen atoms in total. The van der Waals surface area contributed by atoms with E-state index in [9.17, 15) is 4.79 Å². The molecule has 2 aromatic carbocycles. The Kier molecular flexibility index (Phi) is 5.46. The van der Waals surface area contributed by atoms with E-state index in [4.69, 9.17) is 9.26 Å². The van der Waals surface area contributed by atoms with Crippen LogP contribution < -0.4 is 10.1 Å². The first-order chi connectivity index (χ1) is 14.1. The fraction of sp³-hybridized carbons (Fsp3) is 0.318. The van der Waals surface area contributed by atoms with Crippen LogP contribution in [0.1, 0.15) is 37.3 Å². The summed E-state index contributed by atoms with van der Waals surface area (Å²) in [4.78, 5) is 19.1. The summed E-state index contributed by atoms with van der Waals surface area (Å²) in [5, 5.41) is 7.05. The summed E-state index contributed by atoms with van der Waals surface area (Å²) in [5.74, 6) is 1.79. The first-order valence-corrected chi connectivity index (χ1v) is 9.85. The summed E-state index contributed by atoms with van der Waals surface area (Å²) in [6, 6.07) is 14.9. The summed E-state index contributed by atoms with van der Waals surface area (Å²) in [7, 11) is 0. The Balaban J connectivity index is 1.46. The van der Waals surface area contributed by atoms with Crippen LogP contribution in [0.2, 0.25) is 0 Å². The molecular formula is C22H24N4O3. The number of anilines is 1. The monoisotopic (exact) mass is 392 g/mol. The van der Waals surface area contributed by atoms with Gasteiger partial charge in [0.15, 0.2) is 0 Å². The summed E-state index contributed by atoms with van der Waals surface area (Å²) < 4.78 is 10.9. The average Bonchev–Trinajstić information content (AvgIpc) is 3.40. The number of amides is 2. The van der Waals surface area contributed by atoms with Gasteiger partial charge in [-0.25, -0.2) is 4.79 Å². The number of benzene rings is 2. The molecule has 0 unspecified atom stereocenters. The van der Waals surface area contributed by atoms with E-state index in [0.29, 0.717) is 24.9 Å². The predicted molar refractivity (Wildman–Crippen MR) is 110 cm³/mol. The highest BCUT2D eigenvalue weighted by Gasteiger charge is 2.34. The number of nitrogens with one attached hydrogen (secondary N) is 1. The number of urea groups is 1. The Bertz CT molecular complexity index is 966. The van der Waals surface area contributed by atoms with E-state index in [-0.39, 0.29) is 12.1 Å². The fourth-order valence-electron chi connectivity index (χ4n) is 3.45. The number of likely N-dealkylation sites (tertiary alicyclic amines) is 1. The van der Waals surface area contributed by atoms with Crippen molar-refractivity contribution in [3.63, 3.8) is 0 Å². The first kappa shape index (κ1) is 19.0. The van der Waals surface area contributed by atoms with Gasteiger partial charge in [-0.15, -0.1) is 0 Å². The number of carbonyl (C=O) groups excluding carboxylic acids is 1. The molecule has 2 heterocycles. The number of aryl methyl sites for hydroxylation is 1. The Morgan fingerprint density at radius 3 is 2.69 bits per heavy atom. The molecule has 1 fully saturated rings. The van der Waals surface area contributed by atoms with Gasteiger partial charge in [0.1, 0.15) is 11.8 Å². The van der Waals surface area contributed by atoms with Gasteiger partial charge in [0.05, 0.1) is 6.61 Å². The van der Waals surface area contributed by atoms with Crippen LogP contribution in [-0.2, 0) is 0 Å². The van der Waals surface area contributed by atoms with Gasteiger partial charge in [0.2, 0.25) is 11.7 Å². The lowest BCUT2D eigenvalue weighted by Gasteiger charge is -2.22. The second kappa shape index (κ2) is 8.34. The SMILES string of the molecule is CCOc1ccc(NC(=O)N2CCC[C@@H]2c2nc(-c3ccc(C)cc3)no2)cc1. The molecule has 0 bridgehead atoms. The fourth-order valence-corrected chi connectivity index (χ4v) is 3.45. The number of nitrogens with zero attached hydrogens (tertiary/aromatic N) is 3. The van der Waals surface area contributed by atoms with Gasteiger partial charge < -0.3 is 19.5 Å². The van der Waals surface area contributed by atoms with Crippen LogP contribution in [-0.4, -0.2) is 34.2 Å². The number of carbonyl (C=O) groups is 1. The van der Waals surface area contributed by atoms with Crippen LogP contribution >= 0.6 is 0 Å². The van der Waals surface area contributed by atoms with Crippen molar-refractivity contribution >= 4 is 11.7 Å². The van der Waals surface area contributed by atoms with E-state index in [1.165, 1.54) is 5.56 Å². The molecule has 1 saturated heterocycles. The maximum absolute atomic E-state index is 12.8. The van der Waals surface area contributed by atoms with Crippen LogP contribution in [0, 0.1) is 6.92 Å². The normalized spacial score (nSPS) is 16.1. The van der Waals surface area contributed by atoms with Crippen LogP contribution in [0.5, 0.6) is 5.75 Å². The molecule has 1 aliphatic heterocycles. The third-order valence-electron chi connectivity index (χ3n) is 4.97. The Morgan fingerprint density at radius 2 is 1.97 bits per heavy atom. The van der Waals surface area contributed by atoms with Crippen molar-refractivity contribution in [3.05, 3.63) is 60.0 Å². The van der Waals surface area contributed by atoms with Gasteiger partial charge in [0, 0.05) is 17.8 Å². The number of aromatic nitrogens is 2. The zero-order valence-corrected chi connectivity index (χ0v) is 16.6. The van der Waals surface area contributed by atoms with Crippen molar-refractivity contribution in [3.8, 4) is 17.1 Å². The van der Waals surface area contributed by atoms with Gasteiger partial charge in [0.25, 0.3) is 0 Å². The molecule has 4 rings (SSSR count). The van der Waals surface area contributed by atoms with E-state index in [1.54, 1.807) is 4.90 Å². The number of rotatable bonds is 5. The molecule has 0 saturated carbocycles. The topological polar surface area (TPSA) is 80.5 Å². The summed E-state index contributed by atoms with van der Waals surface area (Å²) in [5.41, 5.74) is 2.79. The van der Waals surface area contributed by atoms with Crippen molar-refractivity contribution in [2.24, 2.45) is 0 Å². The highest BCUT2D eigenvalue weighted by Crippen LogP contribution is 2.32. The van der Waals surface area contributed by atoms with Crippen molar-refractivity contribution in [2.75, 3.05) is 18.5 Å². The zero-order valence-electron chi connectivity index (χ0n) is 16.6. The van der Waals surface area contributed by atoms with Gasteiger partial charge in [-0.1, -0.05) is 35.0 Å². The smallest absolute Gasteiger partial charge is 0.322 e. The zero-order chi connectivity index (χ0) is 20.2. The molecule has 1 atom stereocenters. The van der Waals surface area contributed by atoms with E-state index in [0.717, 1.165) is 29.8 Å². The summed E-state index contributed by atoms with van der Waals surface area (Å²) >= 11 is 0. The quantitative estimate of drug-likeness (QED) is 0.674. The molecular weight excluding hydrogens is 368 g/mol. The summed E-state index contributed by atoms with van der Waals surface area (Å²) in [6.45, 7) is 5.22. The predicted octanol–water partition coefficient (Wildman–Crippen LogP) is 4.81. The molecule has 7 heteroatoms. The van der Waals surface area contributed by atoms with Crippen molar-refractivity contribution in [1.82, 2.24) is 15.0 Å². The van der Waals surface area contributed by atoms with E-state index < -0.39 is 0 Å². The minimum absolute atomic E-state index is 0.174. The molecule has 0 radical (unpaired) electrons. The minimum Gasteiger partial charge on any atom is -0.494 e. The second-order valence-corrected chi connectivity index (χ2v) is 7.06. The second-order valence-electron chi connectivity index (χ2n) is 7.06. The number of hydrogen-bond acceptors (Lipinski definition) is 5. The van der Waals surface area contributed by atoms with E-state index in [1.807, 2.05) is 62.4 Å². The molecule has 0 spiro atoms.